The molecule has 3 heterocycles. The van der Waals surface area contributed by atoms with E-state index in [4.69, 9.17) is 25.8 Å². The second-order valence-electron chi connectivity index (χ2n) is 8.11. The zero-order valence-corrected chi connectivity index (χ0v) is 19.4. The number of hydrogen-bond acceptors (Lipinski definition) is 5. The molecule has 0 aromatic heterocycles. The van der Waals surface area contributed by atoms with Crippen LogP contribution in [0.25, 0.3) is 0 Å². The summed E-state index contributed by atoms with van der Waals surface area (Å²) < 4.78 is 16.2. The summed E-state index contributed by atoms with van der Waals surface area (Å²) in [5, 5.41) is 6.65. The van der Waals surface area contributed by atoms with Crippen LogP contribution < -0.4 is 20.1 Å². The van der Waals surface area contributed by atoms with E-state index < -0.39 is 0 Å². The van der Waals surface area contributed by atoms with Crippen LogP contribution in [-0.4, -0.2) is 51.5 Å². The molecule has 0 bridgehead atoms. The highest BCUT2D eigenvalue weighted by Crippen LogP contribution is 2.27. The van der Waals surface area contributed by atoms with Gasteiger partial charge in [0.25, 0.3) is 0 Å². The Morgan fingerprint density at radius 3 is 2.59 bits per heavy atom. The molecule has 2 saturated heterocycles. The molecule has 6 nitrogen and oxygen atoms in total. The van der Waals surface area contributed by atoms with E-state index in [1.165, 1.54) is 11.1 Å². The number of ether oxygens (including phenoxy) is 3. The average Bonchev–Trinajstić information content (AvgIpc) is 2.79. The summed E-state index contributed by atoms with van der Waals surface area (Å²) in [6.45, 7) is 6.40. The largest absolute Gasteiger partial charge is 0.493 e. The van der Waals surface area contributed by atoms with Crippen molar-refractivity contribution in [2.24, 2.45) is 0 Å². The highest BCUT2D eigenvalue weighted by atomic mass is 35.5. The Balaban J connectivity index is 0.000000137. The maximum absolute atomic E-state index is 9.91. The van der Waals surface area contributed by atoms with Crippen LogP contribution in [0.2, 0.25) is 5.02 Å². The molecule has 2 aromatic carbocycles. The lowest BCUT2D eigenvalue weighted by atomic mass is 10.1. The van der Waals surface area contributed by atoms with E-state index >= 15 is 0 Å². The third kappa shape index (κ3) is 8.34. The molecule has 1 amide bonds. The first-order valence-corrected chi connectivity index (χ1v) is 11.6. The van der Waals surface area contributed by atoms with Gasteiger partial charge in [0.05, 0.1) is 19.3 Å². The summed E-state index contributed by atoms with van der Waals surface area (Å²) in [4.78, 5) is 9.91. The van der Waals surface area contributed by atoms with Crippen molar-refractivity contribution in [3.05, 3.63) is 58.6 Å². The molecule has 3 aliphatic rings. The molecule has 7 heteroatoms. The molecule has 3 aliphatic heterocycles. The van der Waals surface area contributed by atoms with Crippen molar-refractivity contribution in [2.75, 3.05) is 32.9 Å². The summed E-state index contributed by atoms with van der Waals surface area (Å²) in [7, 11) is 0. The van der Waals surface area contributed by atoms with Gasteiger partial charge in [0, 0.05) is 24.7 Å². The summed E-state index contributed by atoms with van der Waals surface area (Å²) in [6.07, 6.45) is 5.43. The van der Waals surface area contributed by atoms with E-state index in [1.54, 1.807) is 0 Å². The molecule has 2 aromatic rings. The Bertz CT molecular complexity index is 821. The van der Waals surface area contributed by atoms with Crippen LogP contribution in [0.3, 0.4) is 0 Å². The molecule has 5 rings (SSSR count). The standard InChI is InChI=1S/C10H13NO.C9H9ClO.C6H11NO2/c1-8-2-4-9(5-3-8)12-10-6-11-7-10;10-8-3-4-9-7(6-8)2-1-5-11-9;8-5-7-6-2-1-3-9-4-6/h2-5,10-11H,6-7H2,1H3;3-4,6H,1-2,5H2;5-6H,1-4H2,(H,7,8). The SMILES string of the molecule is Cc1ccc(OC2CNC2)cc1.Clc1ccc2c(c1)CCCO2.O=CNC1CCCOC1. The Morgan fingerprint density at radius 1 is 1.12 bits per heavy atom. The quantitative estimate of drug-likeness (QED) is 0.677. The lowest BCUT2D eigenvalue weighted by Gasteiger charge is -2.27. The molecular formula is C25H33ClN2O4. The number of aryl methyl sites for hydroxylation is 2. The van der Waals surface area contributed by atoms with Gasteiger partial charge in [0.15, 0.2) is 0 Å². The van der Waals surface area contributed by atoms with Crippen LogP contribution in [-0.2, 0) is 16.0 Å². The van der Waals surface area contributed by atoms with Gasteiger partial charge in [-0.2, -0.15) is 0 Å². The van der Waals surface area contributed by atoms with Crippen LogP contribution in [0.4, 0.5) is 0 Å². The molecule has 0 spiro atoms. The number of fused-ring (bicyclic) bond motifs is 1. The first-order chi connectivity index (χ1) is 15.6. The molecule has 1 atom stereocenters. The summed E-state index contributed by atoms with van der Waals surface area (Å²) in [6, 6.07) is 14.2. The number of benzene rings is 2. The van der Waals surface area contributed by atoms with Crippen molar-refractivity contribution >= 4 is 18.0 Å². The number of amides is 1. The highest BCUT2D eigenvalue weighted by Gasteiger charge is 2.17. The van der Waals surface area contributed by atoms with Gasteiger partial charge in [-0.1, -0.05) is 29.3 Å². The monoisotopic (exact) mass is 460 g/mol. The zero-order chi connectivity index (χ0) is 22.6. The van der Waals surface area contributed by atoms with Gasteiger partial charge in [-0.3, -0.25) is 4.79 Å². The smallest absolute Gasteiger partial charge is 0.207 e. The van der Waals surface area contributed by atoms with Crippen molar-refractivity contribution in [3.63, 3.8) is 0 Å². The number of hydrogen-bond donors (Lipinski definition) is 2. The topological polar surface area (TPSA) is 68.8 Å². The Hall–Kier alpha value is -2.28. The normalized spacial score (nSPS) is 19.4. The number of rotatable bonds is 4. The molecule has 0 radical (unpaired) electrons. The Morgan fingerprint density at radius 2 is 1.94 bits per heavy atom. The first-order valence-electron chi connectivity index (χ1n) is 11.3. The molecule has 174 valence electrons. The lowest BCUT2D eigenvalue weighted by Crippen LogP contribution is -2.50. The molecule has 2 N–H and O–H groups in total. The van der Waals surface area contributed by atoms with Gasteiger partial charge >= 0.3 is 0 Å². The Kier molecular flexibility index (Phi) is 10.1. The van der Waals surface area contributed by atoms with Gasteiger partial charge in [-0.15, -0.1) is 0 Å². The fourth-order valence-electron chi connectivity index (χ4n) is 3.45. The number of carbonyl (C=O) groups is 1. The van der Waals surface area contributed by atoms with Gasteiger partial charge in [0.2, 0.25) is 6.41 Å². The van der Waals surface area contributed by atoms with Crippen molar-refractivity contribution < 1.29 is 19.0 Å². The third-order valence-corrected chi connectivity index (χ3v) is 5.64. The first kappa shape index (κ1) is 24.4. The van der Waals surface area contributed by atoms with Crippen molar-refractivity contribution in [1.82, 2.24) is 10.6 Å². The van der Waals surface area contributed by atoms with E-state index in [-0.39, 0.29) is 6.04 Å². The predicted octanol–water partition coefficient (Wildman–Crippen LogP) is 3.92. The van der Waals surface area contributed by atoms with Crippen molar-refractivity contribution in [2.45, 2.75) is 44.8 Å². The van der Waals surface area contributed by atoms with Gasteiger partial charge < -0.3 is 24.8 Å². The van der Waals surface area contributed by atoms with Crippen LogP contribution in [0.1, 0.15) is 30.4 Å². The van der Waals surface area contributed by atoms with Crippen molar-refractivity contribution in [3.8, 4) is 11.5 Å². The summed E-state index contributed by atoms with van der Waals surface area (Å²) >= 11 is 5.82. The summed E-state index contributed by atoms with van der Waals surface area (Å²) in [5.74, 6) is 1.98. The predicted molar refractivity (Wildman–Crippen MR) is 127 cm³/mol. The third-order valence-electron chi connectivity index (χ3n) is 5.40. The minimum absolute atomic E-state index is 0.260. The molecule has 0 saturated carbocycles. The van der Waals surface area contributed by atoms with E-state index in [2.05, 4.69) is 29.7 Å². The summed E-state index contributed by atoms with van der Waals surface area (Å²) in [5.41, 5.74) is 2.51. The molecule has 32 heavy (non-hydrogen) atoms. The minimum atomic E-state index is 0.260. The van der Waals surface area contributed by atoms with E-state index in [1.807, 2.05) is 30.3 Å². The molecule has 1 unspecified atom stereocenters. The van der Waals surface area contributed by atoms with E-state index in [9.17, 15) is 4.79 Å². The fourth-order valence-corrected chi connectivity index (χ4v) is 3.65. The maximum Gasteiger partial charge on any atom is 0.207 e. The van der Waals surface area contributed by atoms with Gasteiger partial charge in [0.1, 0.15) is 17.6 Å². The molecule has 2 fully saturated rings. The van der Waals surface area contributed by atoms with Crippen LogP contribution >= 0.6 is 11.6 Å². The fraction of sp³-hybridized carbons (Fsp3) is 0.480. The van der Waals surface area contributed by atoms with Crippen LogP contribution in [0.15, 0.2) is 42.5 Å². The van der Waals surface area contributed by atoms with Crippen LogP contribution in [0, 0.1) is 6.92 Å². The lowest BCUT2D eigenvalue weighted by molar-refractivity contribution is -0.111. The van der Waals surface area contributed by atoms with Gasteiger partial charge in [-0.05, 0) is 68.5 Å². The molecule has 0 aliphatic carbocycles. The Labute approximate surface area is 195 Å². The van der Waals surface area contributed by atoms with E-state index in [0.717, 1.165) is 74.9 Å². The second-order valence-corrected chi connectivity index (χ2v) is 8.55. The number of nitrogens with one attached hydrogen (secondary N) is 2. The number of carbonyl (C=O) groups excluding carboxylic acids is 1. The van der Waals surface area contributed by atoms with Crippen LogP contribution in [0.5, 0.6) is 11.5 Å². The van der Waals surface area contributed by atoms with Gasteiger partial charge in [-0.25, -0.2) is 0 Å². The maximum atomic E-state index is 9.91. The molecular weight excluding hydrogens is 428 g/mol. The highest BCUT2D eigenvalue weighted by molar-refractivity contribution is 6.30. The van der Waals surface area contributed by atoms with E-state index in [0.29, 0.717) is 12.7 Å². The zero-order valence-electron chi connectivity index (χ0n) is 18.6. The van der Waals surface area contributed by atoms with Crippen molar-refractivity contribution in [1.29, 1.82) is 0 Å². The number of halogens is 1. The second kappa shape index (κ2) is 13.3. The minimum Gasteiger partial charge on any atom is -0.493 e. The average molecular weight is 461 g/mol.